The lowest BCUT2D eigenvalue weighted by atomic mass is 10.1. The maximum atomic E-state index is 13.3. The first-order chi connectivity index (χ1) is 8.70. The third-order valence-electron chi connectivity index (χ3n) is 2.58. The molecule has 2 aromatic rings. The van der Waals surface area contributed by atoms with Crippen molar-refractivity contribution in [3.63, 3.8) is 0 Å². The molecule has 0 saturated carbocycles. The van der Waals surface area contributed by atoms with Gasteiger partial charge in [-0.05, 0) is 59.3 Å². The summed E-state index contributed by atoms with van der Waals surface area (Å²) in [5, 5.41) is 7.55. The average Bonchev–Trinajstić information content (AvgIpc) is 2.76. The van der Waals surface area contributed by atoms with Crippen molar-refractivity contribution >= 4 is 22.6 Å². The van der Waals surface area contributed by atoms with Crippen molar-refractivity contribution in [3.05, 3.63) is 45.5 Å². The van der Waals surface area contributed by atoms with Crippen molar-refractivity contribution in [3.8, 4) is 5.69 Å². The highest BCUT2D eigenvalue weighted by Crippen LogP contribution is 2.17. The van der Waals surface area contributed by atoms with Crippen molar-refractivity contribution in [1.82, 2.24) is 15.1 Å². The average molecular weight is 359 g/mol. The van der Waals surface area contributed by atoms with Gasteiger partial charge in [-0.1, -0.05) is 6.92 Å². The second-order valence-electron chi connectivity index (χ2n) is 4.05. The Morgan fingerprint density at radius 1 is 1.44 bits per heavy atom. The van der Waals surface area contributed by atoms with Crippen LogP contribution in [0.5, 0.6) is 0 Å². The fourth-order valence-corrected chi connectivity index (χ4v) is 2.14. The Kier molecular flexibility index (Phi) is 4.71. The van der Waals surface area contributed by atoms with Gasteiger partial charge in [-0.15, -0.1) is 0 Å². The van der Waals surface area contributed by atoms with Crippen LogP contribution in [-0.4, -0.2) is 16.3 Å². The summed E-state index contributed by atoms with van der Waals surface area (Å²) in [6.45, 7) is 3.68. The topological polar surface area (TPSA) is 29.9 Å². The van der Waals surface area contributed by atoms with Crippen molar-refractivity contribution in [1.29, 1.82) is 0 Å². The fraction of sp³-hybridized carbons (Fsp3) is 0.308. The van der Waals surface area contributed by atoms with Crippen LogP contribution in [0.25, 0.3) is 5.69 Å². The van der Waals surface area contributed by atoms with Crippen LogP contribution in [0.3, 0.4) is 0 Å². The Morgan fingerprint density at radius 3 is 2.94 bits per heavy atom. The molecule has 0 saturated heterocycles. The van der Waals surface area contributed by atoms with Gasteiger partial charge in [-0.3, -0.25) is 0 Å². The van der Waals surface area contributed by atoms with Gasteiger partial charge in [0.1, 0.15) is 5.82 Å². The molecule has 0 fully saturated rings. The molecule has 1 N–H and O–H groups in total. The van der Waals surface area contributed by atoms with E-state index in [0.29, 0.717) is 6.54 Å². The molecule has 0 spiro atoms. The van der Waals surface area contributed by atoms with E-state index in [-0.39, 0.29) is 5.82 Å². The number of benzene rings is 1. The third kappa shape index (κ3) is 3.29. The first kappa shape index (κ1) is 13.5. The van der Waals surface area contributed by atoms with Crippen LogP contribution in [0.15, 0.2) is 30.6 Å². The first-order valence-electron chi connectivity index (χ1n) is 5.90. The van der Waals surface area contributed by atoms with E-state index in [9.17, 15) is 4.39 Å². The third-order valence-corrected chi connectivity index (χ3v) is 3.14. The first-order valence-corrected chi connectivity index (χ1v) is 6.98. The minimum atomic E-state index is -0.214. The highest BCUT2D eigenvalue weighted by molar-refractivity contribution is 14.1. The van der Waals surface area contributed by atoms with Crippen LogP contribution >= 0.6 is 22.6 Å². The predicted octanol–water partition coefficient (Wildman–Crippen LogP) is 3.12. The van der Waals surface area contributed by atoms with E-state index < -0.39 is 0 Å². The van der Waals surface area contributed by atoms with Crippen LogP contribution in [-0.2, 0) is 6.54 Å². The van der Waals surface area contributed by atoms with Crippen LogP contribution in [0.4, 0.5) is 4.39 Å². The summed E-state index contributed by atoms with van der Waals surface area (Å²) in [6.07, 6.45) is 4.77. The molecule has 1 aromatic carbocycles. The van der Waals surface area contributed by atoms with Gasteiger partial charge in [0.15, 0.2) is 0 Å². The summed E-state index contributed by atoms with van der Waals surface area (Å²) in [5.74, 6) is -0.214. The number of nitrogens with one attached hydrogen (secondary N) is 1. The normalized spacial score (nSPS) is 10.8. The molecule has 3 nitrogen and oxygen atoms in total. The summed E-state index contributed by atoms with van der Waals surface area (Å²) in [4.78, 5) is 0. The fourth-order valence-electron chi connectivity index (χ4n) is 1.75. The monoisotopic (exact) mass is 359 g/mol. The molecule has 18 heavy (non-hydrogen) atoms. The lowest BCUT2D eigenvalue weighted by molar-refractivity contribution is 0.616. The predicted molar refractivity (Wildman–Crippen MR) is 78.2 cm³/mol. The second kappa shape index (κ2) is 6.29. The standard InChI is InChI=1S/C13H15FIN3/c1-2-5-16-7-10-6-11(14)3-4-13(10)18-9-12(15)8-17-18/h3-4,6,8-9,16H,2,5,7H2,1H3. The SMILES string of the molecule is CCCNCc1cc(F)ccc1-n1cc(I)cn1. The van der Waals surface area contributed by atoms with Crippen molar-refractivity contribution < 1.29 is 4.39 Å². The molecule has 1 aromatic heterocycles. The summed E-state index contributed by atoms with van der Waals surface area (Å²) in [6, 6.07) is 4.79. The Bertz CT molecular complexity index is 525. The Labute approximate surface area is 120 Å². The zero-order chi connectivity index (χ0) is 13.0. The van der Waals surface area contributed by atoms with Gasteiger partial charge in [0.2, 0.25) is 0 Å². The van der Waals surface area contributed by atoms with Gasteiger partial charge in [0.05, 0.1) is 15.5 Å². The second-order valence-corrected chi connectivity index (χ2v) is 5.30. The summed E-state index contributed by atoms with van der Waals surface area (Å²) < 4.78 is 16.2. The number of hydrogen-bond donors (Lipinski definition) is 1. The van der Waals surface area contributed by atoms with Gasteiger partial charge in [-0.2, -0.15) is 5.10 Å². The van der Waals surface area contributed by atoms with Gasteiger partial charge >= 0.3 is 0 Å². The van der Waals surface area contributed by atoms with E-state index in [4.69, 9.17) is 0 Å². The highest BCUT2D eigenvalue weighted by atomic mass is 127. The molecule has 0 aliphatic carbocycles. The van der Waals surface area contributed by atoms with Crippen LogP contribution in [0.2, 0.25) is 0 Å². The van der Waals surface area contributed by atoms with Gasteiger partial charge < -0.3 is 5.32 Å². The summed E-state index contributed by atoms with van der Waals surface area (Å²) in [7, 11) is 0. The van der Waals surface area contributed by atoms with E-state index in [1.54, 1.807) is 23.0 Å². The van der Waals surface area contributed by atoms with E-state index >= 15 is 0 Å². The van der Waals surface area contributed by atoms with Gasteiger partial charge in [-0.25, -0.2) is 9.07 Å². The highest BCUT2D eigenvalue weighted by Gasteiger charge is 2.07. The molecule has 0 aliphatic rings. The lowest BCUT2D eigenvalue weighted by Gasteiger charge is -2.10. The number of aromatic nitrogens is 2. The van der Waals surface area contributed by atoms with Crippen LogP contribution in [0.1, 0.15) is 18.9 Å². The van der Waals surface area contributed by atoms with Crippen molar-refractivity contribution in [2.24, 2.45) is 0 Å². The number of halogens is 2. The van der Waals surface area contributed by atoms with Gasteiger partial charge in [0, 0.05) is 12.7 Å². The van der Waals surface area contributed by atoms with E-state index in [1.165, 1.54) is 6.07 Å². The molecule has 0 radical (unpaired) electrons. The molecule has 0 unspecified atom stereocenters. The molecule has 0 amide bonds. The molecule has 5 heteroatoms. The molecule has 1 heterocycles. The van der Waals surface area contributed by atoms with Crippen molar-refractivity contribution in [2.45, 2.75) is 19.9 Å². The van der Waals surface area contributed by atoms with E-state index in [1.807, 2.05) is 6.20 Å². The smallest absolute Gasteiger partial charge is 0.123 e. The molecule has 2 rings (SSSR count). The Hall–Kier alpha value is -0.950. The van der Waals surface area contributed by atoms with Crippen molar-refractivity contribution in [2.75, 3.05) is 6.54 Å². The molecular weight excluding hydrogens is 344 g/mol. The minimum absolute atomic E-state index is 0.214. The largest absolute Gasteiger partial charge is 0.313 e. The van der Waals surface area contributed by atoms with Crippen LogP contribution < -0.4 is 5.32 Å². The number of nitrogens with zero attached hydrogens (tertiary/aromatic N) is 2. The summed E-state index contributed by atoms with van der Waals surface area (Å²) >= 11 is 2.21. The van der Waals surface area contributed by atoms with E-state index in [0.717, 1.165) is 27.8 Å². The number of rotatable bonds is 5. The molecule has 0 atom stereocenters. The molecule has 0 aliphatic heterocycles. The van der Waals surface area contributed by atoms with Crippen LogP contribution in [0, 0.1) is 9.39 Å². The zero-order valence-corrected chi connectivity index (χ0v) is 12.3. The Balaban J connectivity index is 2.28. The molecular formula is C13H15FIN3. The summed E-state index contributed by atoms with van der Waals surface area (Å²) in [5.41, 5.74) is 1.84. The minimum Gasteiger partial charge on any atom is -0.313 e. The molecule has 96 valence electrons. The maximum absolute atomic E-state index is 13.3. The maximum Gasteiger partial charge on any atom is 0.123 e. The quantitative estimate of drug-likeness (QED) is 0.657. The zero-order valence-electron chi connectivity index (χ0n) is 10.2. The van der Waals surface area contributed by atoms with Gasteiger partial charge in [0.25, 0.3) is 0 Å². The number of hydrogen-bond acceptors (Lipinski definition) is 2. The lowest BCUT2D eigenvalue weighted by Crippen LogP contribution is -2.16. The van der Waals surface area contributed by atoms with E-state index in [2.05, 4.69) is 39.9 Å². The Morgan fingerprint density at radius 2 is 2.28 bits per heavy atom. The molecule has 0 bridgehead atoms.